The first-order valence-corrected chi connectivity index (χ1v) is 6.45. The Balaban J connectivity index is 2.17. The van der Waals surface area contributed by atoms with Gasteiger partial charge in [-0.15, -0.1) is 0 Å². The third kappa shape index (κ3) is 2.78. The van der Waals surface area contributed by atoms with E-state index in [0.29, 0.717) is 13.1 Å². The van der Waals surface area contributed by atoms with Crippen molar-refractivity contribution in [1.29, 1.82) is 0 Å². The molecule has 1 aliphatic rings. The molecule has 0 aromatic carbocycles. The second-order valence-electron chi connectivity index (χ2n) is 4.50. The molecule has 1 aromatic rings. The van der Waals surface area contributed by atoms with E-state index >= 15 is 0 Å². The Morgan fingerprint density at radius 1 is 1.47 bits per heavy atom. The quantitative estimate of drug-likeness (QED) is 0.846. The second-order valence-corrected chi connectivity index (χ2v) is 4.50. The Labute approximate surface area is 112 Å². The Hall–Kier alpha value is -1.82. The fraction of sp³-hybridized carbons (Fsp3) is 0.538. The molecule has 1 aliphatic heterocycles. The van der Waals surface area contributed by atoms with E-state index in [1.807, 2.05) is 6.92 Å². The summed E-state index contributed by atoms with van der Waals surface area (Å²) in [4.78, 5) is 28.0. The predicted molar refractivity (Wildman–Crippen MR) is 69.7 cm³/mol. The van der Waals surface area contributed by atoms with Crippen LogP contribution in [-0.2, 0) is 4.79 Å². The smallest absolute Gasteiger partial charge is 0.290 e. The highest BCUT2D eigenvalue weighted by Crippen LogP contribution is 2.14. The molecule has 2 amide bonds. The highest BCUT2D eigenvalue weighted by molar-refractivity contribution is 5.95. The summed E-state index contributed by atoms with van der Waals surface area (Å²) in [6, 6.07) is 2.83. The zero-order valence-corrected chi connectivity index (χ0v) is 11.3. The number of furan rings is 1. The van der Waals surface area contributed by atoms with Crippen LogP contribution in [0.25, 0.3) is 0 Å². The van der Waals surface area contributed by atoms with Gasteiger partial charge in [0.1, 0.15) is 6.04 Å². The first-order chi connectivity index (χ1) is 9.17. The highest BCUT2D eigenvalue weighted by Gasteiger charge is 2.35. The maximum atomic E-state index is 12.3. The molecule has 104 valence electrons. The molecule has 19 heavy (non-hydrogen) atoms. The van der Waals surface area contributed by atoms with E-state index in [-0.39, 0.29) is 17.6 Å². The summed E-state index contributed by atoms with van der Waals surface area (Å²) in [6.07, 6.45) is 1.46. The first kappa shape index (κ1) is 13.6. The topological polar surface area (TPSA) is 65.8 Å². The van der Waals surface area contributed by atoms with Crippen molar-refractivity contribution in [3.8, 4) is 0 Å². The lowest BCUT2D eigenvalue weighted by atomic mass is 10.1. The van der Waals surface area contributed by atoms with E-state index in [1.54, 1.807) is 24.1 Å². The Morgan fingerprint density at radius 2 is 2.26 bits per heavy atom. The molecule has 2 heterocycles. The molecule has 0 spiro atoms. The summed E-state index contributed by atoms with van der Waals surface area (Å²) in [6.45, 7) is 4.78. The molecular weight excluding hydrogens is 246 g/mol. The van der Waals surface area contributed by atoms with Crippen molar-refractivity contribution in [1.82, 2.24) is 15.1 Å². The molecule has 0 aliphatic carbocycles. The fourth-order valence-electron chi connectivity index (χ4n) is 2.30. The third-order valence-corrected chi connectivity index (χ3v) is 3.45. The summed E-state index contributed by atoms with van der Waals surface area (Å²) >= 11 is 0. The Morgan fingerprint density at radius 3 is 2.84 bits per heavy atom. The van der Waals surface area contributed by atoms with E-state index in [4.69, 9.17) is 4.42 Å². The van der Waals surface area contributed by atoms with E-state index < -0.39 is 6.04 Å². The number of amides is 2. The van der Waals surface area contributed by atoms with Crippen LogP contribution in [0.15, 0.2) is 22.8 Å². The molecule has 1 aromatic heterocycles. The molecule has 1 fully saturated rings. The summed E-state index contributed by atoms with van der Waals surface area (Å²) in [5.41, 5.74) is 0. The summed E-state index contributed by atoms with van der Waals surface area (Å²) in [5.74, 6) is -0.0914. The SMILES string of the molecule is CCN1CCN(C(=O)c2ccco2)C(C(=O)NC)C1. The standard InChI is InChI=1S/C13H19N3O3/c1-3-15-6-7-16(10(9-15)12(17)14-2)13(18)11-5-4-8-19-11/h4-5,8,10H,3,6-7,9H2,1-2H3,(H,14,17). The molecule has 1 unspecified atom stereocenters. The third-order valence-electron chi connectivity index (χ3n) is 3.45. The van der Waals surface area contributed by atoms with Crippen LogP contribution >= 0.6 is 0 Å². The number of hydrogen-bond donors (Lipinski definition) is 1. The van der Waals surface area contributed by atoms with Gasteiger partial charge in [-0.1, -0.05) is 6.92 Å². The molecule has 0 saturated carbocycles. The van der Waals surface area contributed by atoms with E-state index in [0.717, 1.165) is 13.1 Å². The molecular formula is C13H19N3O3. The number of nitrogens with one attached hydrogen (secondary N) is 1. The van der Waals surface area contributed by atoms with Gasteiger partial charge in [0.15, 0.2) is 5.76 Å². The monoisotopic (exact) mass is 265 g/mol. The van der Waals surface area contributed by atoms with E-state index in [2.05, 4.69) is 10.2 Å². The van der Waals surface area contributed by atoms with Crippen LogP contribution in [0, 0.1) is 0 Å². The van der Waals surface area contributed by atoms with Crippen LogP contribution in [0.2, 0.25) is 0 Å². The lowest BCUT2D eigenvalue weighted by Crippen LogP contribution is -2.60. The van der Waals surface area contributed by atoms with Gasteiger partial charge in [0, 0.05) is 26.7 Å². The number of carbonyl (C=O) groups excluding carboxylic acids is 2. The zero-order chi connectivity index (χ0) is 13.8. The van der Waals surface area contributed by atoms with Gasteiger partial charge < -0.3 is 14.6 Å². The summed E-state index contributed by atoms with van der Waals surface area (Å²) in [7, 11) is 1.59. The van der Waals surface area contributed by atoms with E-state index in [1.165, 1.54) is 6.26 Å². The van der Waals surface area contributed by atoms with Gasteiger partial charge in [0.2, 0.25) is 5.91 Å². The number of nitrogens with zero attached hydrogens (tertiary/aromatic N) is 2. The van der Waals surface area contributed by atoms with Crippen molar-refractivity contribution < 1.29 is 14.0 Å². The lowest BCUT2D eigenvalue weighted by Gasteiger charge is -2.39. The van der Waals surface area contributed by atoms with Crippen molar-refractivity contribution in [3.05, 3.63) is 24.2 Å². The maximum Gasteiger partial charge on any atom is 0.290 e. The zero-order valence-electron chi connectivity index (χ0n) is 11.3. The first-order valence-electron chi connectivity index (χ1n) is 6.45. The van der Waals surface area contributed by atoms with Gasteiger partial charge in [0.05, 0.1) is 6.26 Å². The predicted octanol–water partition coefficient (Wildman–Crippen LogP) is 0.172. The van der Waals surface area contributed by atoms with Crippen LogP contribution in [0.1, 0.15) is 17.5 Å². The minimum absolute atomic E-state index is 0.141. The van der Waals surface area contributed by atoms with Crippen molar-refractivity contribution in [2.24, 2.45) is 0 Å². The molecule has 2 rings (SSSR count). The molecule has 1 saturated heterocycles. The summed E-state index contributed by atoms with van der Waals surface area (Å²) in [5, 5.41) is 2.62. The van der Waals surface area contributed by atoms with Gasteiger partial charge in [-0.25, -0.2) is 0 Å². The van der Waals surface area contributed by atoms with Crippen LogP contribution in [0.4, 0.5) is 0 Å². The van der Waals surface area contributed by atoms with Crippen molar-refractivity contribution in [2.45, 2.75) is 13.0 Å². The Bertz CT molecular complexity index is 444. The van der Waals surface area contributed by atoms with Crippen molar-refractivity contribution >= 4 is 11.8 Å². The second kappa shape index (κ2) is 5.88. The minimum Gasteiger partial charge on any atom is -0.459 e. The largest absolute Gasteiger partial charge is 0.459 e. The molecule has 6 heteroatoms. The molecule has 0 radical (unpaired) electrons. The van der Waals surface area contributed by atoms with Gasteiger partial charge in [-0.3, -0.25) is 14.5 Å². The minimum atomic E-state index is -0.462. The van der Waals surface area contributed by atoms with Crippen LogP contribution in [-0.4, -0.2) is 60.9 Å². The molecule has 1 N–H and O–H groups in total. The van der Waals surface area contributed by atoms with Gasteiger partial charge in [-0.2, -0.15) is 0 Å². The van der Waals surface area contributed by atoms with Gasteiger partial charge in [-0.05, 0) is 18.7 Å². The number of hydrogen-bond acceptors (Lipinski definition) is 4. The maximum absolute atomic E-state index is 12.3. The molecule has 0 bridgehead atoms. The van der Waals surface area contributed by atoms with Crippen molar-refractivity contribution in [2.75, 3.05) is 33.2 Å². The normalized spacial score (nSPS) is 20.3. The Kier molecular flexibility index (Phi) is 4.21. The molecule has 1 atom stereocenters. The van der Waals surface area contributed by atoms with E-state index in [9.17, 15) is 9.59 Å². The average molecular weight is 265 g/mol. The van der Waals surface area contributed by atoms with Crippen LogP contribution in [0.5, 0.6) is 0 Å². The fourth-order valence-corrected chi connectivity index (χ4v) is 2.30. The number of rotatable bonds is 3. The van der Waals surface area contributed by atoms with Crippen LogP contribution < -0.4 is 5.32 Å². The highest BCUT2D eigenvalue weighted by atomic mass is 16.3. The van der Waals surface area contributed by atoms with Crippen LogP contribution in [0.3, 0.4) is 0 Å². The molecule has 6 nitrogen and oxygen atoms in total. The van der Waals surface area contributed by atoms with Gasteiger partial charge in [0.25, 0.3) is 5.91 Å². The summed E-state index contributed by atoms with van der Waals surface area (Å²) < 4.78 is 5.13. The average Bonchev–Trinajstić information content (AvgIpc) is 2.99. The number of piperazine rings is 1. The van der Waals surface area contributed by atoms with Crippen molar-refractivity contribution in [3.63, 3.8) is 0 Å². The number of carbonyl (C=O) groups is 2. The number of likely N-dealkylation sites (N-methyl/N-ethyl adjacent to an activating group) is 2. The lowest BCUT2D eigenvalue weighted by molar-refractivity contribution is -0.127. The van der Waals surface area contributed by atoms with Gasteiger partial charge >= 0.3 is 0 Å².